The Bertz CT molecular complexity index is 266. The van der Waals surface area contributed by atoms with Crippen LogP contribution in [0.15, 0.2) is 15.7 Å². The summed E-state index contributed by atoms with van der Waals surface area (Å²) < 4.78 is 0.933. The molecule has 0 spiro atoms. The predicted octanol–water partition coefficient (Wildman–Crippen LogP) is 1.67. The quantitative estimate of drug-likeness (QED) is 0.487. The lowest BCUT2D eigenvalue weighted by molar-refractivity contribution is 0.941. The molecular formula is C6H10BrIN4. The zero-order chi connectivity index (χ0) is 8.27. The first-order valence-corrected chi connectivity index (χ1v) is 3.93. The number of hydrogen-bond donors (Lipinski definition) is 2. The van der Waals surface area contributed by atoms with Gasteiger partial charge in [0.1, 0.15) is 0 Å². The third-order valence-electron chi connectivity index (χ3n) is 1.15. The molecule has 0 radical (unpaired) electrons. The topological polar surface area (TPSA) is 67.1 Å². The van der Waals surface area contributed by atoms with Crippen LogP contribution in [0.5, 0.6) is 0 Å². The zero-order valence-corrected chi connectivity index (χ0v) is 10.5. The minimum Gasteiger partial charge on any atom is -0.388 e. The van der Waals surface area contributed by atoms with Crippen molar-refractivity contribution in [3.63, 3.8) is 0 Å². The van der Waals surface area contributed by atoms with Gasteiger partial charge in [0.15, 0.2) is 0 Å². The lowest BCUT2D eigenvalue weighted by Crippen LogP contribution is -2.05. The maximum Gasteiger partial charge on any atom is 0.0910 e. The second kappa shape index (κ2) is 5.52. The third-order valence-corrected chi connectivity index (χ3v) is 1.84. The van der Waals surface area contributed by atoms with Gasteiger partial charge in [-0.05, 0) is 22.9 Å². The summed E-state index contributed by atoms with van der Waals surface area (Å²) >= 11 is 3.31. The van der Waals surface area contributed by atoms with Crippen molar-refractivity contribution in [2.24, 2.45) is 10.7 Å². The molecule has 0 aliphatic heterocycles. The van der Waals surface area contributed by atoms with Crippen LogP contribution in [0.1, 0.15) is 12.6 Å². The number of aromatic amines is 1. The van der Waals surface area contributed by atoms with Gasteiger partial charge in [-0.25, -0.2) is 0 Å². The predicted molar refractivity (Wildman–Crippen MR) is 62.7 cm³/mol. The van der Waals surface area contributed by atoms with Crippen molar-refractivity contribution in [2.45, 2.75) is 13.5 Å². The minimum absolute atomic E-state index is 0. The molecule has 1 rings (SSSR count). The number of nitrogens with two attached hydrogens (primary N) is 1. The van der Waals surface area contributed by atoms with Crippen LogP contribution >= 0.6 is 39.9 Å². The van der Waals surface area contributed by atoms with Crippen molar-refractivity contribution in [1.29, 1.82) is 0 Å². The fraction of sp³-hybridized carbons (Fsp3) is 0.333. The fourth-order valence-corrected chi connectivity index (χ4v) is 0.929. The molecule has 0 saturated carbocycles. The van der Waals surface area contributed by atoms with Crippen LogP contribution in [0.25, 0.3) is 0 Å². The Balaban J connectivity index is 0.00000121. The molecule has 3 N–H and O–H groups in total. The average Bonchev–Trinajstić information content (AvgIpc) is 2.31. The van der Waals surface area contributed by atoms with Gasteiger partial charge >= 0.3 is 0 Å². The van der Waals surface area contributed by atoms with Crippen molar-refractivity contribution in [3.05, 3.63) is 16.4 Å². The van der Waals surface area contributed by atoms with E-state index in [1.54, 1.807) is 13.1 Å². The second-order valence-corrected chi connectivity index (χ2v) is 3.01. The highest BCUT2D eigenvalue weighted by atomic mass is 127. The summed E-state index contributed by atoms with van der Waals surface area (Å²) in [6.45, 7) is 2.30. The van der Waals surface area contributed by atoms with Crippen LogP contribution in [0.3, 0.4) is 0 Å². The van der Waals surface area contributed by atoms with Crippen LogP contribution < -0.4 is 5.73 Å². The summed E-state index contributed by atoms with van der Waals surface area (Å²) in [4.78, 5) is 4.02. The molecule has 0 amide bonds. The largest absolute Gasteiger partial charge is 0.388 e. The number of aromatic nitrogens is 2. The van der Waals surface area contributed by atoms with Gasteiger partial charge in [0, 0.05) is 0 Å². The molecule has 4 nitrogen and oxygen atoms in total. The summed E-state index contributed by atoms with van der Waals surface area (Å²) in [5, 5.41) is 6.62. The second-order valence-electron chi connectivity index (χ2n) is 2.15. The standard InChI is InChI=1S/C6H9BrN4.HI/c1-4(8)9-3-6-5(7)2-10-11-6;/h2H,3H2,1H3,(H2,8,9)(H,10,11);1H. The molecule has 0 aromatic carbocycles. The first kappa shape index (κ1) is 11.9. The molecule has 68 valence electrons. The van der Waals surface area contributed by atoms with E-state index in [4.69, 9.17) is 5.73 Å². The van der Waals surface area contributed by atoms with Gasteiger partial charge in [0.2, 0.25) is 0 Å². The van der Waals surface area contributed by atoms with Crippen molar-refractivity contribution in [1.82, 2.24) is 10.2 Å². The van der Waals surface area contributed by atoms with Gasteiger partial charge in [-0.2, -0.15) is 5.10 Å². The Morgan fingerprint density at radius 2 is 2.50 bits per heavy atom. The van der Waals surface area contributed by atoms with E-state index >= 15 is 0 Å². The number of nitrogens with one attached hydrogen (secondary N) is 1. The molecule has 1 aromatic heterocycles. The Labute approximate surface area is 96.2 Å². The van der Waals surface area contributed by atoms with E-state index in [1.807, 2.05) is 0 Å². The number of hydrogen-bond acceptors (Lipinski definition) is 2. The van der Waals surface area contributed by atoms with E-state index in [-0.39, 0.29) is 24.0 Å². The van der Waals surface area contributed by atoms with Crippen LogP contribution in [-0.4, -0.2) is 16.0 Å². The zero-order valence-electron chi connectivity index (χ0n) is 6.54. The number of halogens is 2. The molecule has 0 atom stereocenters. The highest BCUT2D eigenvalue weighted by Gasteiger charge is 1.98. The highest BCUT2D eigenvalue weighted by Crippen LogP contribution is 2.12. The fourth-order valence-electron chi connectivity index (χ4n) is 0.613. The van der Waals surface area contributed by atoms with E-state index in [0.29, 0.717) is 12.4 Å². The maximum atomic E-state index is 5.36. The molecular weight excluding hydrogens is 335 g/mol. The van der Waals surface area contributed by atoms with Crippen molar-refractivity contribution >= 4 is 45.7 Å². The van der Waals surface area contributed by atoms with Crippen molar-refractivity contribution in [2.75, 3.05) is 0 Å². The lowest BCUT2D eigenvalue weighted by Gasteiger charge is -1.92. The highest BCUT2D eigenvalue weighted by molar-refractivity contribution is 14.0. The Morgan fingerprint density at radius 1 is 1.83 bits per heavy atom. The van der Waals surface area contributed by atoms with E-state index in [0.717, 1.165) is 10.2 Å². The van der Waals surface area contributed by atoms with Crippen LogP contribution in [0.4, 0.5) is 0 Å². The molecule has 1 heterocycles. The Kier molecular flexibility index (Phi) is 5.47. The SMILES string of the molecule is CC(N)=NCc1[nH]ncc1Br.I. The summed E-state index contributed by atoms with van der Waals surface area (Å²) in [5.74, 6) is 0.575. The number of H-pyrrole nitrogens is 1. The number of nitrogens with zero attached hydrogens (tertiary/aromatic N) is 2. The smallest absolute Gasteiger partial charge is 0.0910 e. The molecule has 0 saturated heterocycles. The summed E-state index contributed by atoms with van der Waals surface area (Å²) in [5.41, 5.74) is 6.30. The van der Waals surface area contributed by atoms with Gasteiger partial charge < -0.3 is 5.73 Å². The molecule has 6 heteroatoms. The first-order valence-electron chi connectivity index (χ1n) is 3.14. The molecule has 0 aliphatic carbocycles. The number of aliphatic imine (C=N–C) groups is 1. The van der Waals surface area contributed by atoms with Crippen molar-refractivity contribution in [3.8, 4) is 0 Å². The maximum absolute atomic E-state index is 5.36. The summed E-state index contributed by atoms with van der Waals surface area (Å²) in [7, 11) is 0. The van der Waals surface area contributed by atoms with E-state index < -0.39 is 0 Å². The number of rotatable bonds is 2. The number of amidine groups is 1. The van der Waals surface area contributed by atoms with E-state index in [2.05, 4.69) is 31.1 Å². The average molecular weight is 345 g/mol. The third kappa shape index (κ3) is 3.53. The van der Waals surface area contributed by atoms with E-state index in [1.165, 1.54) is 0 Å². The molecule has 12 heavy (non-hydrogen) atoms. The summed E-state index contributed by atoms with van der Waals surface area (Å²) in [6.07, 6.45) is 1.69. The molecule has 0 fully saturated rings. The van der Waals surface area contributed by atoms with Gasteiger partial charge in [0.05, 0.1) is 28.7 Å². The van der Waals surface area contributed by atoms with Gasteiger partial charge in [-0.15, -0.1) is 24.0 Å². The van der Waals surface area contributed by atoms with Gasteiger partial charge in [-0.1, -0.05) is 0 Å². The van der Waals surface area contributed by atoms with Crippen LogP contribution in [0.2, 0.25) is 0 Å². The van der Waals surface area contributed by atoms with Crippen LogP contribution in [-0.2, 0) is 6.54 Å². The molecule has 1 aromatic rings. The monoisotopic (exact) mass is 344 g/mol. The molecule has 0 aliphatic rings. The minimum atomic E-state index is 0. The normalized spacial score (nSPS) is 11.0. The van der Waals surface area contributed by atoms with Crippen LogP contribution in [0, 0.1) is 0 Å². The first-order chi connectivity index (χ1) is 5.20. The van der Waals surface area contributed by atoms with Crippen molar-refractivity contribution < 1.29 is 0 Å². The molecule has 0 unspecified atom stereocenters. The Hall–Kier alpha value is -0.110. The van der Waals surface area contributed by atoms with E-state index in [9.17, 15) is 0 Å². The summed E-state index contributed by atoms with van der Waals surface area (Å²) in [6, 6.07) is 0. The van der Waals surface area contributed by atoms with Gasteiger partial charge in [-0.3, -0.25) is 10.1 Å². The Morgan fingerprint density at radius 3 is 2.92 bits per heavy atom. The van der Waals surface area contributed by atoms with Gasteiger partial charge in [0.25, 0.3) is 0 Å². The lowest BCUT2D eigenvalue weighted by atomic mass is 10.4. The molecule has 0 bridgehead atoms.